The first-order valence-electron chi connectivity index (χ1n) is 6.07. The van der Waals surface area contributed by atoms with E-state index in [0.717, 1.165) is 16.5 Å². The van der Waals surface area contributed by atoms with Crippen LogP contribution in [0.5, 0.6) is 0 Å². The molecule has 1 aliphatic carbocycles. The van der Waals surface area contributed by atoms with Crippen LogP contribution in [0.4, 0.5) is 0 Å². The Kier molecular flexibility index (Phi) is 3.25. The Morgan fingerprint density at radius 2 is 2.37 bits per heavy atom. The molecule has 2 aromatic heterocycles. The minimum atomic E-state index is -0.924. The van der Waals surface area contributed by atoms with Crippen molar-refractivity contribution < 1.29 is 9.90 Å². The van der Waals surface area contributed by atoms with E-state index in [1.807, 2.05) is 12.5 Å². The molecule has 1 aliphatic rings. The summed E-state index contributed by atoms with van der Waals surface area (Å²) in [6.45, 7) is 0. The fraction of sp³-hybridized carbons (Fsp3) is 0.308. The standard InChI is InChI=1S/C13H13N3O2S/c17-13(18)9-3-4-15-12(5-9)19-7-11-6-14-8-16(11)10-1-2-10/h3-6,8,10H,1-2,7H2,(H,17,18). The lowest BCUT2D eigenvalue weighted by Crippen LogP contribution is -1.99. The quantitative estimate of drug-likeness (QED) is 0.849. The molecule has 0 amide bonds. The lowest BCUT2D eigenvalue weighted by Gasteiger charge is -2.06. The lowest BCUT2D eigenvalue weighted by atomic mass is 10.3. The Hall–Kier alpha value is -1.82. The van der Waals surface area contributed by atoms with Crippen LogP contribution in [0, 0.1) is 0 Å². The Balaban J connectivity index is 1.70. The molecule has 0 atom stereocenters. The highest BCUT2D eigenvalue weighted by Gasteiger charge is 2.25. The van der Waals surface area contributed by atoms with Crippen LogP contribution in [-0.4, -0.2) is 25.6 Å². The van der Waals surface area contributed by atoms with Crippen LogP contribution in [0.3, 0.4) is 0 Å². The van der Waals surface area contributed by atoms with E-state index in [1.54, 1.807) is 6.07 Å². The summed E-state index contributed by atoms with van der Waals surface area (Å²) in [5.74, 6) is -0.167. The molecule has 0 bridgehead atoms. The maximum atomic E-state index is 10.9. The second kappa shape index (κ2) is 5.05. The fourth-order valence-corrected chi connectivity index (χ4v) is 2.76. The fourth-order valence-electron chi connectivity index (χ4n) is 1.89. The number of rotatable bonds is 5. The number of imidazole rings is 1. The van der Waals surface area contributed by atoms with E-state index in [-0.39, 0.29) is 5.56 Å². The SMILES string of the molecule is O=C(O)c1ccnc(SCc2cncn2C2CC2)c1. The highest BCUT2D eigenvalue weighted by atomic mass is 32.2. The second-order valence-electron chi connectivity index (χ2n) is 4.50. The van der Waals surface area contributed by atoms with Gasteiger partial charge in [0, 0.05) is 29.9 Å². The molecule has 19 heavy (non-hydrogen) atoms. The number of aromatic carboxylic acids is 1. The number of aromatic nitrogens is 3. The van der Waals surface area contributed by atoms with E-state index in [0.29, 0.717) is 6.04 Å². The van der Waals surface area contributed by atoms with Crippen molar-refractivity contribution >= 4 is 17.7 Å². The third kappa shape index (κ3) is 2.78. The summed E-state index contributed by atoms with van der Waals surface area (Å²) < 4.78 is 2.20. The zero-order valence-corrected chi connectivity index (χ0v) is 11.0. The molecule has 0 unspecified atom stereocenters. The zero-order valence-electron chi connectivity index (χ0n) is 10.2. The van der Waals surface area contributed by atoms with Crippen LogP contribution in [0.2, 0.25) is 0 Å². The highest BCUT2D eigenvalue weighted by molar-refractivity contribution is 7.98. The van der Waals surface area contributed by atoms with Crippen molar-refractivity contribution in [3.8, 4) is 0 Å². The molecule has 2 heterocycles. The molecule has 1 fully saturated rings. The Bertz CT molecular complexity index is 607. The van der Waals surface area contributed by atoms with Crippen molar-refractivity contribution in [3.63, 3.8) is 0 Å². The van der Waals surface area contributed by atoms with Gasteiger partial charge in [0.2, 0.25) is 0 Å². The third-order valence-electron chi connectivity index (χ3n) is 3.04. The molecular weight excluding hydrogens is 262 g/mol. The van der Waals surface area contributed by atoms with E-state index in [2.05, 4.69) is 14.5 Å². The van der Waals surface area contributed by atoms with Crippen LogP contribution >= 0.6 is 11.8 Å². The van der Waals surface area contributed by atoms with Crippen molar-refractivity contribution in [1.29, 1.82) is 0 Å². The number of thioether (sulfide) groups is 1. The van der Waals surface area contributed by atoms with Gasteiger partial charge in [-0.25, -0.2) is 14.8 Å². The summed E-state index contributed by atoms with van der Waals surface area (Å²) in [6.07, 6.45) is 7.71. The van der Waals surface area contributed by atoms with Gasteiger partial charge in [-0.1, -0.05) is 0 Å². The first-order chi connectivity index (χ1) is 9.24. The summed E-state index contributed by atoms with van der Waals surface area (Å²) in [5.41, 5.74) is 1.43. The first-order valence-corrected chi connectivity index (χ1v) is 7.05. The van der Waals surface area contributed by atoms with Gasteiger partial charge in [0.25, 0.3) is 0 Å². The average Bonchev–Trinajstić information content (AvgIpc) is 3.16. The predicted molar refractivity (Wildman–Crippen MR) is 71.3 cm³/mol. The van der Waals surface area contributed by atoms with Crippen molar-refractivity contribution in [3.05, 3.63) is 42.1 Å². The first kappa shape index (κ1) is 12.2. The van der Waals surface area contributed by atoms with E-state index in [4.69, 9.17) is 5.11 Å². The Labute approximate surface area is 114 Å². The topological polar surface area (TPSA) is 68.0 Å². The van der Waals surface area contributed by atoms with Gasteiger partial charge >= 0.3 is 5.97 Å². The summed E-state index contributed by atoms with van der Waals surface area (Å²) >= 11 is 1.53. The molecule has 6 heteroatoms. The molecular formula is C13H13N3O2S. The Morgan fingerprint density at radius 3 is 3.11 bits per heavy atom. The van der Waals surface area contributed by atoms with Gasteiger partial charge in [0.1, 0.15) is 0 Å². The Morgan fingerprint density at radius 1 is 1.53 bits per heavy atom. The molecule has 5 nitrogen and oxygen atoms in total. The molecule has 1 N–H and O–H groups in total. The van der Waals surface area contributed by atoms with E-state index in [9.17, 15) is 4.79 Å². The summed E-state index contributed by atoms with van der Waals surface area (Å²) in [6, 6.07) is 3.71. The van der Waals surface area contributed by atoms with Gasteiger partial charge in [-0.05, 0) is 25.0 Å². The average molecular weight is 275 g/mol. The van der Waals surface area contributed by atoms with Gasteiger partial charge in [-0.3, -0.25) is 0 Å². The molecule has 2 aromatic rings. The van der Waals surface area contributed by atoms with Crippen molar-refractivity contribution in [2.24, 2.45) is 0 Å². The second-order valence-corrected chi connectivity index (χ2v) is 5.50. The van der Waals surface area contributed by atoms with Gasteiger partial charge in [-0.2, -0.15) is 0 Å². The van der Waals surface area contributed by atoms with E-state index >= 15 is 0 Å². The minimum absolute atomic E-state index is 0.271. The molecule has 1 saturated carbocycles. The summed E-state index contributed by atoms with van der Waals surface area (Å²) in [5, 5.41) is 9.66. The van der Waals surface area contributed by atoms with Crippen molar-refractivity contribution in [1.82, 2.24) is 14.5 Å². The molecule has 0 aliphatic heterocycles. The largest absolute Gasteiger partial charge is 0.478 e. The van der Waals surface area contributed by atoms with Crippen LogP contribution in [0.25, 0.3) is 0 Å². The van der Waals surface area contributed by atoms with Crippen LogP contribution in [-0.2, 0) is 5.75 Å². The molecule has 0 spiro atoms. The highest BCUT2D eigenvalue weighted by Crippen LogP contribution is 2.36. The van der Waals surface area contributed by atoms with Crippen LogP contribution < -0.4 is 0 Å². The normalized spacial score (nSPS) is 14.5. The van der Waals surface area contributed by atoms with Crippen LogP contribution in [0.15, 0.2) is 35.9 Å². The summed E-state index contributed by atoms with van der Waals surface area (Å²) in [4.78, 5) is 19.2. The number of nitrogens with zero attached hydrogens (tertiary/aromatic N) is 3. The number of carbonyl (C=O) groups is 1. The number of pyridine rings is 1. The van der Waals surface area contributed by atoms with Gasteiger partial charge < -0.3 is 9.67 Å². The maximum absolute atomic E-state index is 10.9. The third-order valence-corrected chi connectivity index (χ3v) is 4.00. The maximum Gasteiger partial charge on any atom is 0.335 e. The molecule has 98 valence electrons. The van der Waals surface area contributed by atoms with Crippen molar-refractivity contribution in [2.45, 2.75) is 29.7 Å². The smallest absolute Gasteiger partial charge is 0.335 e. The van der Waals surface area contributed by atoms with Crippen LogP contribution in [0.1, 0.15) is 34.9 Å². The molecule has 0 radical (unpaired) electrons. The van der Waals surface area contributed by atoms with Gasteiger partial charge in [-0.15, -0.1) is 11.8 Å². The van der Waals surface area contributed by atoms with Crippen molar-refractivity contribution in [2.75, 3.05) is 0 Å². The predicted octanol–water partition coefficient (Wildman–Crippen LogP) is 2.60. The number of carboxylic acid groups (broad SMARTS) is 1. The minimum Gasteiger partial charge on any atom is -0.478 e. The lowest BCUT2D eigenvalue weighted by molar-refractivity contribution is 0.0696. The number of hydrogen-bond acceptors (Lipinski definition) is 4. The van der Waals surface area contributed by atoms with E-state index < -0.39 is 5.97 Å². The molecule has 3 rings (SSSR count). The molecule has 0 saturated heterocycles. The van der Waals surface area contributed by atoms with E-state index in [1.165, 1.54) is 36.9 Å². The monoisotopic (exact) mass is 275 g/mol. The van der Waals surface area contributed by atoms with Gasteiger partial charge in [0.05, 0.1) is 16.9 Å². The number of hydrogen-bond donors (Lipinski definition) is 1. The van der Waals surface area contributed by atoms with Gasteiger partial charge in [0.15, 0.2) is 0 Å². The molecule has 0 aromatic carbocycles. The summed E-state index contributed by atoms with van der Waals surface area (Å²) in [7, 11) is 0. The zero-order chi connectivity index (χ0) is 13.2. The number of carboxylic acids is 1.